The molecule has 22 heavy (non-hydrogen) atoms. The Balaban J connectivity index is 1.71. The molecule has 1 aliphatic carbocycles. The Morgan fingerprint density at radius 1 is 1.23 bits per heavy atom. The number of rotatable bonds is 3. The van der Waals surface area contributed by atoms with Crippen LogP contribution in [0.5, 0.6) is 5.75 Å². The third-order valence-electron chi connectivity index (χ3n) is 4.82. The molecule has 2 N–H and O–H groups in total. The molecule has 1 aromatic rings. The fourth-order valence-corrected chi connectivity index (χ4v) is 3.59. The lowest BCUT2D eigenvalue weighted by Gasteiger charge is -2.38. The fourth-order valence-electron chi connectivity index (χ4n) is 3.59. The molecule has 1 heterocycles. The predicted molar refractivity (Wildman–Crippen MR) is 90.6 cm³/mol. The van der Waals surface area contributed by atoms with E-state index in [1.54, 1.807) is 7.11 Å². The number of hydrogen-bond donors (Lipinski definition) is 2. The van der Waals surface area contributed by atoms with Crippen LogP contribution in [0.2, 0.25) is 0 Å². The van der Waals surface area contributed by atoms with E-state index in [1.807, 2.05) is 12.1 Å². The van der Waals surface area contributed by atoms with Crippen molar-refractivity contribution >= 4 is 5.84 Å². The standard InChI is InChI=1S/C18H27N3O/c1-22-16-8-5-7-15(13-16)14-20-17-18(9-3-2-4-10-18)21-12-6-11-19-17/h5,7-8,13,21H,2-4,6,9-12,14H2,1H3,(H,19,20). The van der Waals surface area contributed by atoms with E-state index in [4.69, 9.17) is 9.73 Å². The Bertz CT molecular complexity index is 521. The van der Waals surface area contributed by atoms with E-state index in [9.17, 15) is 0 Å². The van der Waals surface area contributed by atoms with E-state index in [1.165, 1.54) is 43.5 Å². The molecular formula is C18H27N3O. The van der Waals surface area contributed by atoms with Crippen LogP contribution in [0, 0.1) is 0 Å². The molecule has 0 amide bonds. The van der Waals surface area contributed by atoms with Gasteiger partial charge in [0.15, 0.2) is 0 Å². The average Bonchev–Trinajstić information content (AvgIpc) is 2.76. The summed E-state index contributed by atoms with van der Waals surface area (Å²) in [7, 11) is 1.71. The van der Waals surface area contributed by atoms with Crippen LogP contribution in [-0.2, 0) is 6.54 Å². The molecule has 3 rings (SSSR count). The van der Waals surface area contributed by atoms with Crippen LogP contribution < -0.4 is 15.4 Å². The highest BCUT2D eigenvalue weighted by Gasteiger charge is 2.37. The Morgan fingerprint density at radius 3 is 2.91 bits per heavy atom. The monoisotopic (exact) mass is 301 g/mol. The molecule has 1 spiro atoms. The summed E-state index contributed by atoms with van der Waals surface area (Å²) in [5.74, 6) is 2.08. The normalized spacial score (nSPS) is 21.0. The number of hydrogen-bond acceptors (Lipinski definition) is 4. The van der Waals surface area contributed by atoms with Crippen molar-refractivity contribution in [2.45, 2.75) is 50.6 Å². The van der Waals surface area contributed by atoms with Crippen molar-refractivity contribution in [1.82, 2.24) is 10.6 Å². The zero-order valence-corrected chi connectivity index (χ0v) is 13.5. The number of amidine groups is 1. The van der Waals surface area contributed by atoms with Gasteiger partial charge >= 0.3 is 0 Å². The topological polar surface area (TPSA) is 45.6 Å². The highest BCUT2D eigenvalue weighted by Crippen LogP contribution is 2.30. The number of benzene rings is 1. The molecule has 0 saturated heterocycles. The molecule has 0 aromatic heterocycles. The first kappa shape index (κ1) is 15.3. The molecule has 1 aromatic carbocycles. The van der Waals surface area contributed by atoms with Crippen LogP contribution in [0.15, 0.2) is 29.3 Å². The van der Waals surface area contributed by atoms with E-state index in [0.29, 0.717) is 0 Å². The van der Waals surface area contributed by atoms with Gasteiger partial charge in [-0.2, -0.15) is 0 Å². The quantitative estimate of drug-likeness (QED) is 0.902. The summed E-state index contributed by atoms with van der Waals surface area (Å²) in [5, 5.41) is 7.41. The minimum Gasteiger partial charge on any atom is -0.497 e. The fraction of sp³-hybridized carbons (Fsp3) is 0.611. The first-order chi connectivity index (χ1) is 10.8. The second-order valence-electron chi connectivity index (χ2n) is 6.36. The van der Waals surface area contributed by atoms with Crippen molar-refractivity contribution in [1.29, 1.82) is 0 Å². The zero-order chi connectivity index (χ0) is 15.3. The van der Waals surface area contributed by atoms with Crippen LogP contribution in [0.3, 0.4) is 0 Å². The van der Waals surface area contributed by atoms with E-state index in [2.05, 4.69) is 22.8 Å². The molecule has 2 aliphatic rings. The zero-order valence-electron chi connectivity index (χ0n) is 13.5. The van der Waals surface area contributed by atoms with Gasteiger partial charge in [0, 0.05) is 13.1 Å². The highest BCUT2D eigenvalue weighted by atomic mass is 16.5. The van der Waals surface area contributed by atoms with Gasteiger partial charge in [0.25, 0.3) is 0 Å². The second-order valence-corrected chi connectivity index (χ2v) is 6.36. The van der Waals surface area contributed by atoms with Crippen molar-refractivity contribution < 1.29 is 4.74 Å². The minimum absolute atomic E-state index is 0.0909. The van der Waals surface area contributed by atoms with E-state index < -0.39 is 0 Å². The van der Waals surface area contributed by atoms with Gasteiger partial charge in [-0.25, -0.2) is 0 Å². The van der Waals surface area contributed by atoms with Gasteiger partial charge in [-0.15, -0.1) is 0 Å². The van der Waals surface area contributed by atoms with Crippen molar-refractivity contribution in [2.75, 3.05) is 20.2 Å². The second kappa shape index (κ2) is 7.14. The SMILES string of the molecule is COc1cccc(CNC2=NCCCNC23CCCCC3)c1. The third-order valence-corrected chi connectivity index (χ3v) is 4.82. The van der Waals surface area contributed by atoms with Gasteiger partial charge in [0.1, 0.15) is 11.6 Å². The Labute approximate surface area is 133 Å². The van der Waals surface area contributed by atoms with Crippen LogP contribution in [0.25, 0.3) is 0 Å². The highest BCUT2D eigenvalue weighted by molar-refractivity contribution is 5.92. The van der Waals surface area contributed by atoms with Crippen molar-refractivity contribution in [2.24, 2.45) is 4.99 Å². The molecule has 4 heteroatoms. The lowest BCUT2D eigenvalue weighted by Crippen LogP contribution is -2.57. The van der Waals surface area contributed by atoms with E-state index >= 15 is 0 Å². The van der Waals surface area contributed by atoms with Gasteiger partial charge in [-0.1, -0.05) is 31.4 Å². The van der Waals surface area contributed by atoms with Gasteiger partial charge < -0.3 is 15.4 Å². The van der Waals surface area contributed by atoms with E-state index in [-0.39, 0.29) is 5.54 Å². The van der Waals surface area contributed by atoms with Gasteiger partial charge in [-0.05, 0) is 43.5 Å². The summed E-state index contributed by atoms with van der Waals surface area (Å²) in [4.78, 5) is 4.87. The van der Waals surface area contributed by atoms with Crippen LogP contribution in [0.1, 0.15) is 44.1 Å². The lowest BCUT2D eigenvalue weighted by atomic mass is 9.80. The molecule has 4 nitrogen and oxygen atoms in total. The van der Waals surface area contributed by atoms with E-state index in [0.717, 1.165) is 31.8 Å². The Morgan fingerprint density at radius 2 is 2.09 bits per heavy atom. The summed E-state index contributed by atoms with van der Waals surface area (Å²) < 4.78 is 5.31. The molecule has 0 radical (unpaired) electrons. The summed E-state index contributed by atoms with van der Waals surface area (Å²) in [6.45, 7) is 2.81. The maximum atomic E-state index is 5.31. The number of aliphatic imine (C=N–C) groups is 1. The molecule has 120 valence electrons. The third kappa shape index (κ3) is 3.43. The maximum Gasteiger partial charge on any atom is 0.119 e. The lowest BCUT2D eigenvalue weighted by molar-refractivity contribution is 0.310. The van der Waals surface area contributed by atoms with Gasteiger partial charge in [-0.3, -0.25) is 4.99 Å². The first-order valence-electron chi connectivity index (χ1n) is 8.49. The van der Waals surface area contributed by atoms with Crippen molar-refractivity contribution in [3.05, 3.63) is 29.8 Å². The molecule has 1 fully saturated rings. The van der Waals surface area contributed by atoms with Gasteiger partial charge in [0.2, 0.25) is 0 Å². The van der Waals surface area contributed by atoms with Gasteiger partial charge in [0.05, 0.1) is 12.6 Å². The number of nitrogens with one attached hydrogen (secondary N) is 2. The largest absolute Gasteiger partial charge is 0.497 e. The molecule has 1 aliphatic heterocycles. The van der Waals surface area contributed by atoms with Crippen LogP contribution in [-0.4, -0.2) is 31.6 Å². The van der Waals surface area contributed by atoms with Crippen molar-refractivity contribution in [3.8, 4) is 5.75 Å². The number of nitrogens with zero attached hydrogens (tertiary/aromatic N) is 1. The van der Waals surface area contributed by atoms with Crippen LogP contribution in [0.4, 0.5) is 0 Å². The molecular weight excluding hydrogens is 274 g/mol. The van der Waals surface area contributed by atoms with Crippen molar-refractivity contribution in [3.63, 3.8) is 0 Å². The number of methoxy groups -OCH3 is 1. The Kier molecular flexibility index (Phi) is 4.98. The molecule has 0 unspecified atom stereocenters. The molecule has 1 saturated carbocycles. The summed E-state index contributed by atoms with van der Waals surface area (Å²) >= 11 is 0. The maximum absolute atomic E-state index is 5.31. The number of ether oxygens (including phenoxy) is 1. The summed E-state index contributed by atoms with van der Waals surface area (Å²) in [6.07, 6.45) is 7.49. The molecule has 0 atom stereocenters. The Hall–Kier alpha value is -1.55. The summed E-state index contributed by atoms with van der Waals surface area (Å²) in [6, 6.07) is 8.25. The molecule has 0 bridgehead atoms. The van der Waals surface area contributed by atoms with Crippen LogP contribution >= 0.6 is 0 Å². The average molecular weight is 301 g/mol. The summed E-state index contributed by atoms with van der Waals surface area (Å²) in [5.41, 5.74) is 1.32. The first-order valence-corrected chi connectivity index (χ1v) is 8.49. The minimum atomic E-state index is 0.0909. The smallest absolute Gasteiger partial charge is 0.119 e. The predicted octanol–water partition coefficient (Wildman–Crippen LogP) is 2.88.